The van der Waals surface area contributed by atoms with Gasteiger partial charge in [0.05, 0.1) is 46.1 Å². The Bertz CT molecular complexity index is 1340. The molecule has 11 heteroatoms. The predicted molar refractivity (Wildman–Crippen MR) is 112 cm³/mol. The van der Waals surface area contributed by atoms with Crippen LogP contribution in [0.3, 0.4) is 0 Å². The van der Waals surface area contributed by atoms with Crippen LogP contribution in [0.15, 0.2) is 36.5 Å². The molecule has 1 aliphatic rings. The maximum Gasteiger partial charge on any atom is 0.266 e. The Balaban J connectivity index is 1.66. The molecule has 0 saturated heterocycles. The molecule has 1 amide bonds. The lowest BCUT2D eigenvalue weighted by molar-refractivity contribution is 0.0940. The van der Waals surface area contributed by atoms with Gasteiger partial charge < -0.3 is 5.32 Å². The zero-order chi connectivity index (χ0) is 23.0. The van der Waals surface area contributed by atoms with Gasteiger partial charge in [0.25, 0.3) is 12.3 Å². The molecule has 0 radical (unpaired) electrons. The first-order chi connectivity index (χ1) is 15.2. The molecule has 1 aromatic carbocycles. The van der Waals surface area contributed by atoms with Crippen LogP contribution >= 0.6 is 0 Å². The molecule has 0 unspecified atom stereocenters. The van der Waals surface area contributed by atoms with E-state index in [1.807, 2.05) is 0 Å². The summed E-state index contributed by atoms with van der Waals surface area (Å²) >= 11 is 0. The quantitative estimate of drug-likeness (QED) is 0.599. The Labute approximate surface area is 181 Å². The number of hydrogen-bond acceptors (Lipinski definition) is 5. The number of allylic oxidation sites excluding steroid dienone is 1. The van der Waals surface area contributed by atoms with Gasteiger partial charge in [0, 0.05) is 5.56 Å². The molecular weight excluding hydrogens is 445 g/mol. The van der Waals surface area contributed by atoms with Crippen molar-refractivity contribution in [3.63, 3.8) is 0 Å². The number of halogens is 3. The standard InChI is InChI=1S/C21H19F3N4O3S/c1-11(13-3-2-4-14(18(13)22)20(23)24)26-21(29)15-9-16(27-17-10-25-28-19(15)17)12-5-7-32(30,31)8-6-12/h2-5,9-11,20H,6-8H2,1H3,(H,25,28)(H,26,29)/t11-/m1/s1. The van der Waals surface area contributed by atoms with Gasteiger partial charge >= 0.3 is 0 Å². The molecule has 0 fully saturated rings. The van der Waals surface area contributed by atoms with E-state index < -0.39 is 39.6 Å². The molecule has 2 aromatic heterocycles. The van der Waals surface area contributed by atoms with Gasteiger partial charge in [-0.15, -0.1) is 0 Å². The maximum atomic E-state index is 14.5. The van der Waals surface area contributed by atoms with E-state index in [2.05, 4.69) is 20.5 Å². The molecule has 0 bridgehead atoms. The average molecular weight is 464 g/mol. The normalized spacial score (nSPS) is 16.7. The van der Waals surface area contributed by atoms with Crippen molar-refractivity contribution >= 4 is 32.4 Å². The zero-order valence-electron chi connectivity index (χ0n) is 16.9. The van der Waals surface area contributed by atoms with Crippen molar-refractivity contribution in [3.8, 4) is 0 Å². The number of rotatable bonds is 5. The average Bonchev–Trinajstić information content (AvgIpc) is 3.21. The Kier molecular flexibility index (Phi) is 5.76. The number of carbonyl (C=O) groups is 1. The second-order valence-corrected chi connectivity index (χ2v) is 9.75. The fourth-order valence-corrected chi connectivity index (χ4v) is 4.76. The van der Waals surface area contributed by atoms with Gasteiger partial charge in [0.1, 0.15) is 11.3 Å². The minimum Gasteiger partial charge on any atom is -0.345 e. The summed E-state index contributed by atoms with van der Waals surface area (Å²) in [5.41, 5.74) is 1.27. The van der Waals surface area contributed by atoms with E-state index in [4.69, 9.17) is 0 Å². The lowest BCUT2D eigenvalue weighted by Crippen LogP contribution is -2.28. The number of pyridine rings is 1. The monoisotopic (exact) mass is 464 g/mol. The summed E-state index contributed by atoms with van der Waals surface area (Å²) in [5.74, 6) is -1.76. The van der Waals surface area contributed by atoms with Crippen LogP contribution in [-0.4, -0.2) is 41.0 Å². The minimum absolute atomic E-state index is 0.0117. The van der Waals surface area contributed by atoms with Gasteiger partial charge in [0.2, 0.25) is 0 Å². The van der Waals surface area contributed by atoms with Gasteiger partial charge in [-0.05, 0) is 25.0 Å². The molecular formula is C21H19F3N4O3S. The number of alkyl halides is 2. The van der Waals surface area contributed by atoms with Crippen molar-refractivity contribution in [3.05, 3.63) is 64.7 Å². The topological polar surface area (TPSA) is 105 Å². The van der Waals surface area contributed by atoms with E-state index in [1.54, 1.807) is 6.08 Å². The summed E-state index contributed by atoms with van der Waals surface area (Å²) in [7, 11) is -3.13. The fraction of sp³-hybridized carbons (Fsp3) is 0.286. The summed E-state index contributed by atoms with van der Waals surface area (Å²) < 4.78 is 63.9. The Morgan fingerprint density at radius 2 is 2.00 bits per heavy atom. The van der Waals surface area contributed by atoms with E-state index in [0.717, 1.165) is 6.07 Å². The second-order valence-electron chi connectivity index (χ2n) is 7.53. The Morgan fingerprint density at radius 1 is 1.25 bits per heavy atom. The Hall–Kier alpha value is -3.21. The van der Waals surface area contributed by atoms with Crippen LogP contribution in [0.25, 0.3) is 16.6 Å². The van der Waals surface area contributed by atoms with Gasteiger partial charge in [0.15, 0.2) is 9.84 Å². The van der Waals surface area contributed by atoms with Crippen LogP contribution in [0, 0.1) is 5.82 Å². The van der Waals surface area contributed by atoms with Crippen molar-refractivity contribution in [1.29, 1.82) is 0 Å². The number of nitrogens with one attached hydrogen (secondary N) is 2. The molecule has 4 rings (SSSR count). The lowest BCUT2D eigenvalue weighted by Gasteiger charge is -2.18. The third-order valence-electron chi connectivity index (χ3n) is 5.36. The van der Waals surface area contributed by atoms with Crippen LogP contribution < -0.4 is 5.32 Å². The number of benzene rings is 1. The van der Waals surface area contributed by atoms with Crippen molar-refractivity contribution in [2.45, 2.75) is 25.8 Å². The summed E-state index contributed by atoms with van der Waals surface area (Å²) in [4.78, 5) is 17.5. The predicted octanol–water partition coefficient (Wildman–Crippen LogP) is 3.73. The van der Waals surface area contributed by atoms with Gasteiger partial charge in [-0.2, -0.15) is 5.10 Å². The molecule has 7 nitrogen and oxygen atoms in total. The van der Waals surface area contributed by atoms with Gasteiger partial charge in [-0.3, -0.25) is 9.89 Å². The molecule has 1 aliphatic heterocycles. The highest BCUT2D eigenvalue weighted by atomic mass is 32.2. The molecule has 3 aromatic rings. The van der Waals surface area contributed by atoms with E-state index in [-0.39, 0.29) is 29.1 Å². The number of hydrogen-bond donors (Lipinski definition) is 2. The van der Waals surface area contributed by atoms with E-state index in [0.29, 0.717) is 22.3 Å². The largest absolute Gasteiger partial charge is 0.345 e. The summed E-state index contributed by atoms with van der Waals surface area (Å²) in [5, 5.41) is 9.24. The van der Waals surface area contributed by atoms with Crippen molar-refractivity contribution < 1.29 is 26.4 Å². The molecule has 3 heterocycles. The molecule has 0 saturated carbocycles. The van der Waals surface area contributed by atoms with Crippen molar-refractivity contribution in [1.82, 2.24) is 20.5 Å². The third kappa shape index (κ3) is 4.24. The van der Waals surface area contributed by atoms with Crippen LogP contribution in [-0.2, 0) is 9.84 Å². The smallest absolute Gasteiger partial charge is 0.266 e. The minimum atomic E-state index is -3.13. The molecule has 0 spiro atoms. The van der Waals surface area contributed by atoms with E-state index >= 15 is 0 Å². The number of aromatic nitrogens is 3. The fourth-order valence-electron chi connectivity index (χ4n) is 3.61. The summed E-state index contributed by atoms with van der Waals surface area (Å²) in [6.45, 7) is 1.49. The number of aromatic amines is 1. The van der Waals surface area contributed by atoms with Crippen LogP contribution in [0.1, 0.15) is 53.0 Å². The lowest BCUT2D eigenvalue weighted by atomic mass is 10.0. The highest BCUT2D eigenvalue weighted by Gasteiger charge is 2.24. The van der Waals surface area contributed by atoms with Crippen molar-refractivity contribution in [2.24, 2.45) is 0 Å². The highest BCUT2D eigenvalue weighted by molar-refractivity contribution is 7.91. The molecule has 2 N–H and O–H groups in total. The number of H-pyrrole nitrogens is 1. The van der Waals surface area contributed by atoms with Crippen LogP contribution in [0.5, 0.6) is 0 Å². The number of sulfone groups is 1. The zero-order valence-corrected chi connectivity index (χ0v) is 17.7. The van der Waals surface area contributed by atoms with Crippen LogP contribution in [0.2, 0.25) is 0 Å². The molecule has 32 heavy (non-hydrogen) atoms. The van der Waals surface area contributed by atoms with Gasteiger partial charge in [-0.1, -0.05) is 24.3 Å². The number of carbonyl (C=O) groups excluding carboxylic acids is 1. The molecule has 168 valence electrons. The van der Waals surface area contributed by atoms with Crippen LogP contribution in [0.4, 0.5) is 13.2 Å². The highest BCUT2D eigenvalue weighted by Crippen LogP contribution is 2.29. The third-order valence-corrected chi connectivity index (χ3v) is 6.86. The van der Waals surface area contributed by atoms with Gasteiger partial charge in [-0.25, -0.2) is 26.6 Å². The first-order valence-corrected chi connectivity index (χ1v) is 11.6. The number of nitrogens with zero attached hydrogens (tertiary/aromatic N) is 2. The Morgan fingerprint density at radius 3 is 2.69 bits per heavy atom. The van der Waals surface area contributed by atoms with E-state index in [1.165, 1.54) is 31.3 Å². The SMILES string of the molecule is C[C@@H](NC(=O)c1cc(C2=CCS(=O)(=O)CC2)nc2cn[nH]c12)c1cccc(C(F)F)c1F. The van der Waals surface area contributed by atoms with Crippen molar-refractivity contribution in [2.75, 3.05) is 11.5 Å². The number of amides is 1. The summed E-state index contributed by atoms with van der Waals surface area (Å²) in [6.07, 6.45) is 0.299. The molecule has 1 atom stereocenters. The molecule has 0 aliphatic carbocycles. The first-order valence-electron chi connectivity index (χ1n) is 9.77. The van der Waals surface area contributed by atoms with E-state index in [9.17, 15) is 26.4 Å². The number of fused-ring (bicyclic) bond motifs is 1. The second kappa shape index (κ2) is 8.38. The maximum absolute atomic E-state index is 14.5. The first kappa shape index (κ1) is 22.0. The summed E-state index contributed by atoms with van der Waals surface area (Å²) in [6, 6.07) is 4.26.